The first-order valence-electron chi connectivity index (χ1n) is 48.5. The molecule has 12 aromatic rings. The van der Waals surface area contributed by atoms with Gasteiger partial charge >= 0.3 is 6.09 Å². The SMILES string of the molecule is CN(C)C1CCCN(CC2CCN(c3ncnc4scc(-c5ccc(F)cc5)c34)CC2)C1.CN(C)[C@@H]1CCN(CC2CCN(c3ncnc4scc(-c5ccccc5)c34)CC2)C1.CN(CCC1(C(C)(C)C)CCCN1C(=O)O)C1CCN(c2ncnc3scc(-c4ccccc4)c23)CC1.CN1CCCCC1CCNCC1CCN(c2ncnc3scc(-c4ccccc4)c23)CC1. The van der Waals surface area contributed by atoms with E-state index in [-0.39, 0.29) is 16.8 Å². The monoisotopic (exact) mass is 1850 g/mol. The van der Waals surface area contributed by atoms with E-state index in [0.717, 1.165) is 198 Å². The van der Waals surface area contributed by atoms with Gasteiger partial charge in [0.05, 0.1) is 27.1 Å². The zero-order valence-corrected chi connectivity index (χ0v) is 81.9. The van der Waals surface area contributed by atoms with Crippen molar-refractivity contribution in [2.75, 3.05) is 186 Å². The van der Waals surface area contributed by atoms with E-state index in [1.54, 1.807) is 75.6 Å². The van der Waals surface area contributed by atoms with Crippen LogP contribution in [0.1, 0.15) is 136 Å². The van der Waals surface area contributed by atoms with Crippen LogP contribution < -0.4 is 24.9 Å². The van der Waals surface area contributed by atoms with Gasteiger partial charge in [-0.3, -0.25) is 0 Å². The van der Waals surface area contributed by atoms with Crippen molar-refractivity contribution in [1.29, 1.82) is 0 Å². The van der Waals surface area contributed by atoms with Crippen LogP contribution in [0, 0.1) is 29.0 Å². The highest BCUT2D eigenvalue weighted by Crippen LogP contribution is 2.48. The molecule has 8 aliphatic rings. The van der Waals surface area contributed by atoms with Crippen molar-refractivity contribution in [1.82, 2.24) is 79.5 Å². The third kappa shape index (κ3) is 22.2. The van der Waals surface area contributed by atoms with Crippen LogP contribution in [0.3, 0.4) is 0 Å². The number of anilines is 4. The second-order valence-electron chi connectivity index (χ2n) is 39.6. The lowest BCUT2D eigenvalue weighted by atomic mass is 9.69. The summed E-state index contributed by atoms with van der Waals surface area (Å²) in [5, 5.41) is 27.2. The fourth-order valence-electron chi connectivity index (χ4n) is 22.2. The quantitative estimate of drug-likeness (QED) is 0.0575. The molecule has 1 amide bonds. The topological polar surface area (TPSA) is 188 Å². The first-order chi connectivity index (χ1) is 63.8. The van der Waals surface area contributed by atoms with Crippen molar-refractivity contribution < 1.29 is 14.3 Å². The molecule has 22 nitrogen and oxygen atoms in total. The number of amides is 1. The van der Waals surface area contributed by atoms with Gasteiger partial charge in [0.2, 0.25) is 0 Å². The molecule has 27 heteroatoms. The Bertz CT molecular complexity index is 5630. The Balaban J connectivity index is 0.000000123. The minimum Gasteiger partial charge on any atom is -0.465 e. The number of fused-ring (bicyclic) bond motifs is 4. The van der Waals surface area contributed by atoms with Gasteiger partial charge in [-0.05, 0) is 242 Å². The van der Waals surface area contributed by atoms with Gasteiger partial charge in [0.25, 0.3) is 0 Å². The molecule has 0 saturated carbocycles. The van der Waals surface area contributed by atoms with Gasteiger partial charge in [-0.15, -0.1) is 45.3 Å². The Kier molecular flexibility index (Phi) is 31.3. The molecule has 696 valence electrons. The minimum absolute atomic E-state index is 0.0958. The van der Waals surface area contributed by atoms with Gasteiger partial charge in [0.15, 0.2) is 0 Å². The number of rotatable bonds is 23. The molecule has 3 unspecified atom stereocenters. The van der Waals surface area contributed by atoms with Crippen LogP contribution in [0.5, 0.6) is 0 Å². The standard InChI is InChI=1S/C29H39N5O2S.C26H35N5S.C25H32FN5S.C24H31N5S/c1-28(2,3)29(13-8-15-34(29)27(35)36)14-18-32(4)22-11-16-33(17-12-22)25-24-23(21-9-6-5-7-10-21)19-37-26(24)31-20-30-25;1-30-14-6-5-9-22(30)10-13-27-17-20-11-15-31(16-12-20)25-24-23(21-7-3-2-4-8-21)18-32-26(24)29-19-28-25;1-29(2)21-4-3-11-30(15-21)14-18-9-12-31(13-10-18)24-23-22(16-32-25(23)28-17-27-24)19-5-7-20(26)8-6-19;1-27(2)20-10-11-28(15-20)14-18-8-12-29(13-9-18)23-22-21(19-6-4-3-5-7-19)16-30-24(22)26-17-25-23/h5-7,9-10,19-20,22H,8,11-18H2,1-4H3,(H,35,36);2-4,7-8,18-20,22,27H,5-6,9-17H2,1H3;5-8,16-18,21H,3-4,9-15H2,1-2H3;3-7,16-18,20H,8-15H2,1-2H3/t;;;20-/m...1/s1. The maximum Gasteiger partial charge on any atom is 0.407 e. The normalized spacial score (nSPS) is 21.1. The van der Waals surface area contributed by atoms with Gasteiger partial charge < -0.3 is 64.3 Å². The largest absolute Gasteiger partial charge is 0.465 e. The van der Waals surface area contributed by atoms with Crippen LogP contribution in [0.4, 0.5) is 32.5 Å². The number of halogens is 1. The molecule has 8 aromatic heterocycles. The molecule has 4 aromatic carbocycles. The summed E-state index contributed by atoms with van der Waals surface area (Å²) in [6, 6.07) is 41.2. The molecule has 8 saturated heterocycles. The lowest BCUT2D eigenvalue weighted by Gasteiger charge is -2.48. The van der Waals surface area contributed by atoms with Crippen molar-refractivity contribution in [2.45, 2.75) is 166 Å². The summed E-state index contributed by atoms with van der Waals surface area (Å²) in [4.78, 5) is 80.2. The molecule has 0 bridgehead atoms. The van der Waals surface area contributed by atoms with E-state index in [4.69, 9.17) is 19.9 Å². The summed E-state index contributed by atoms with van der Waals surface area (Å²) >= 11 is 6.76. The number of thiophene rings is 4. The van der Waals surface area contributed by atoms with Crippen molar-refractivity contribution in [3.63, 3.8) is 0 Å². The molecule has 8 fully saturated rings. The Morgan fingerprint density at radius 2 is 0.847 bits per heavy atom. The second-order valence-corrected chi connectivity index (χ2v) is 43.0. The number of hydrogen-bond donors (Lipinski definition) is 2. The molecule has 2 N–H and O–H groups in total. The fraction of sp³-hybridized carbons (Fsp3) is 0.529. The van der Waals surface area contributed by atoms with Crippen LogP contribution >= 0.6 is 45.3 Å². The van der Waals surface area contributed by atoms with Crippen LogP contribution in [0.2, 0.25) is 0 Å². The van der Waals surface area contributed by atoms with E-state index in [2.05, 4.69) is 244 Å². The second kappa shape index (κ2) is 43.7. The maximum absolute atomic E-state index is 13.4. The van der Waals surface area contributed by atoms with Crippen molar-refractivity contribution >= 4 is 116 Å². The third-order valence-corrected chi connectivity index (χ3v) is 33.7. The summed E-state index contributed by atoms with van der Waals surface area (Å²) < 4.78 is 13.4. The van der Waals surface area contributed by atoms with Crippen molar-refractivity contribution in [3.8, 4) is 44.5 Å². The minimum atomic E-state index is -0.775. The highest BCUT2D eigenvalue weighted by molar-refractivity contribution is 7.18. The Morgan fingerprint density at radius 1 is 0.450 bits per heavy atom. The van der Waals surface area contributed by atoms with Crippen LogP contribution in [0.25, 0.3) is 85.4 Å². The molecule has 8 aliphatic heterocycles. The first-order valence-corrected chi connectivity index (χ1v) is 52.0. The van der Waals surface area contributed by atoms with Gasteiger partial charge in [0, 0.05) is 160 Å². The molecule has 0 spiro atoms. The average molecular weight is 1850 g/mol. The first kappa shape index (κ1) is 93.9. The van der Waals surface area contributed by atoms with E-state index < -0.39 is 6.09 Å². The molecule has 0 aliphatic carbocycles. The van der Waals surface area contributed by atoms with Crippen LogP contribution in [0.15, 0.2) is 162 Å². The molecule has 20 rings (SSSR count). The molecule has 16 heterocycles. The number of carbonyl (C=O) groups is 1. The Morgan fingerprint density at radius 3 is 1.25 bits per heavy atom. The van der Waals surface area contributed by atoms with E-state index in [1.165, 1.54) is 186 Å². The molecule has 131 heavy (non-hydrogen) atoms. The molecule has 4 atom stereocenters. The number of aromatic nitrogens is 8. The number of piperidine rings is 6. The zero-order valence-electron chi connectivity index (χ0n) is 78.7. The smallest absolute Gasteiger partial charge is 0.407 e. The van der Waals surface area contributed by atoms with Crippen LogP contribution in [-0.2, 0) is 0 Å². The van der Waals surface area contributed by atoms with Crippen LogP contribution in [-0.4, -0.2) is 282 Å². The zero-order chi connectivity index (χ0) is 90.5. The fourth-order valence-corrected chi connectivity index (χ4v) is 25.8. The summed E-state index contributed by atoms with van der Waals surface area (Å²) in [5.41, 5.74) is 9.16. The van der Waals surface area contributed by atoms with Gasteiger partial charge in [-0.1, -0.05) is 130 Å². The highest BCUT2D eigenvalue weighted by Gasteiger charge is 2.52. The predicted octanol–water partition coefficient (Wildman–Crippen LogP) is 20.2. The van der Waals surface area contributed by atoms with Crippen molar-refractivity contribution in [2.24, 2.45) is 23.2 Å². The summed E-state index contributed by atoms with van der Waals surface area (Å²) in [7, 11) is 13.3. The van der Waals surface area contributed by atoms with Gasteiger partial charge in [0.1, 0.15) is 73.7 Å². The van der Waals surface area contributed by atoms with Gasteiger partial charge in [-0.25, -0.2) is 49.1 Å². The predicted molar refractivity (Wildman–Crippen MR) is 544 cm³/mol. The Hall–Kier alpha value is -8.84. The average Bonchev–Trinajstić information content (AvgIpc) is 1.63. The number of likely N-dealkylation sites (tertiary alicyclic amines) is 4. The van der Waals surface area contributed by atoms with Crippen molar-refractivity contribution in [3.05, 3.63) is 168 Å². The van der Waals surface area contributed by atoms with E-state index >= 15 is 0 Å². The maximum atomic E-state index is 13.4. The Labute approximate surface area is 791 Å². The third-order valence-electron chi connectivity index (χ3n) is 30.2. The number of benzene rings is 4. The van der Waals surface area contributed by atoms with Gasteiger partial charge in [-0.2, -0.15) is 0 Å². The number of nitrogens with one attached hydrogen (secondary N) is 1. The van der Waals surface area contributed by atoms with E-state index in [9.17, 15) is 14.3 Å². The number of hydrogen-bond acceptors (Lipinski definition) is 24. The molecular weight excluding hydrogens is 1710 g/mol. The van der Waals surface area contributed by atoms with E-state index in [0.29, 0.717) is 18.6 Å². The molecular formula is C104H137FN20O2S4. The molecule has 0 radical (unpaired) electrons. The summed E-state index contributed by atoms with van der Waals surface area (Å²) in [5.74, 6) is 6.41. The number of nitrogens with zero attached hydrogens (tertiary/aromatic N) is 19. The highest BCUT2D eigenvalue weighted by atomic mass is 32.1. The lowest BCUT2D eigenvalue weighted by molar-refractivity contribution is 0.0149. The summed E-state index contributed by atoms with van der Waals surface area (Å²) in [6.45, 7) is 27.4. The number of likely N-dealkylation sites (N-methyl/N-ethyl adjacent to an activating group) is 2. The van der Waals surface area contributed by atoms with E-state index in [1.807, 2.05) is 18.2 Å². The lowest BCUT2D eigenvalue weighted by Crippen LogP contribution is -2.57. The number of carboxylic acid groups (broad SMARTS) is 1. The summed E-state index contributed by atoms with van der Waals surface area (Å²) in [6.07, 6.45) is 27.7.